The molecule has 0 aliphatic heterocycles. The van der Waals surface area contributed by atoms with Gasteiger partial charge in [0.1, 0.15) is 0 Å². The molecule has 1 nitrogen and oxygen atoms in total. The largest absolute Gasteiger partial charge is 0.309 e. The quantitative estimate of drug-likeness (QED) is 0.163. The number of benzene rings is 9. The number of nitrogens with zero attached hydrogens (tertiary/aromatic N) is 1. The topological polar surface area (TPSA) is 3.24 Å². The second-order valence-corrected chi connectivity index (χ2v) is 17.3. The van der Waals surface area contributed by atoms with Crippen LogP contribution in [0.15, 0.2) is 200 Å². The fourth-order valence-electron chi connectivity index (χ4n) is 10.3. The van der Waals surface area contributed by atoms with E-state index in [1.165, 1.54) is 88.7 Å². The monoisotopic (exact) mass is 755 g/mol. The van der Waals surface area contributed by atoms with Gasteiger partial charge in [-0.05, 0) is 108 Å². The third-order valence-corrected chi connectivity index (χ3v) is 13.3. The molecule has 0 saturated heterocycles. The lowest BCUT2D eigenvalue weighted by Gasteiger charge is -2.31. The molecule has 0 fully saturated rings. The lowest BCUT2D eigenvalue weighted by molar-refractivity contribution is 0.660. The van der Waals surface area contributed by atoms with Gasteiger partial charge in [-0.2, -0.15) is 0 Å². The standard InChI is InChI=1S/C58H45N/c1-57(2)49-28-13-10-25-45(49)46-34-32-41(37-52(46)57)40-21-16-22-42(36-40)59(53-30-14-11-23-43(53)38-18-6-5-7-19-38)54-31-15-12-26-47(54)48-27-17-29-50-56(48)55-44-24-9-8-20-39(44)33-35-51(55)58(50,3)4/h5-37H,1-4H3. The fourth-order valence-corrected chi connectivity index (χ4v) is 10.3. The average Bonchev–Trinajstić information content (AvgIpc) is 3.67. The van der Waals surface area contributed by atoms with E-state index in [9.17, 15) is 0 Å². The van der Waals surface area contributed by atoms with E-state index in [1.54, 1.807) is 0 Å². The minimum atomic E-state index is -0.140. The molecule has 0 amide bonds. The van der Waals surface area contributed by atoms with E-state index in [4.69, 9.17) is 0 Å². The van der Waals surface area contributed by atoms with E-state index in [-0.39, 0.29) is 10.8 Å². The van der Waals surface area contributed by atoms with Gasteiger partial charge in [0.2, 0.25) is 0 Å². The Morgan fingerprint density at radius 1 is 0.322 bits per heavy atom. The highest BCUT2D eigenvalue weighted by molar-refractivity contribution is 6.08. The van der Waals surface area contributed by atoms with Gasteiger partial charge in [-0.15, -0.1) is 0 Å². The van der Waals surface area contributed by atoms with Gasteiger partial charge >= 0.3 is 0 Å². The molecule has 11 rings (SSSR count). The molecule has 282 valence electrons. The van der Waals surface area contributed by atoms with Crippen molar-refractivity contribution in [1.82, 2.24) is 0 Å². The Hall–Kier alpha value is -6.96. The van der Waals surface area contributed by atoms with Crippen molar-refractivity contribution < 1.29 is 0 Å². The van der Waals surface area contributed by atoms with Crippen LogP contribution >= 0.6 is 0 Å². The third kappa shape index (κ3) is 5.38. The molecule has 0 saturated carbocycles. The molecule has 0 atom stereocenters. The van der Waals surface area contributed by atoms with E-state index in [1.807, 2.05) is 0 Å². The van der Waals surface area contributed by atoms with Gasteiger partial charge in [0, 0.05) is 27.6 Å². The SMILES string of the molecule is CC1(C)c2ccccc2-c2ccc(-c3cccc(N(c4ccccc4-c4ccccc4)c4ccccc4-c4cccc5c4-c4c(ccc6ccccc46)C5(C)C)c3)cc21. The second-order valence-electron chi connectivity index (χ2n) is 17.3. The summed E-state index contributed by atoms with van der Waals surface area (Å²) in [5, 5.41) is 2.58. The van der Waals surface area contributed by atoms with Gasteiger partial charge in [-0.3, -0.25) is 0 Å². The van der Waals surface area contributed by atoms with Crippen molar-refractivity contribution in [1.29, 1.82) is 0 Å². The summed E-state index contributed by atoms with van der Waals surface area (Å²) in [6.07, 6.45) is 0. The van der Waals surface area contributed by atoms with Gasteiger partial charge in [-0.25, -0.2) is 0 Å². The molecule has 9 aromatic carbocycles. The molecular weight excluding hydrogens is 711 g/mol. The smallest absolute Gasteiger partial charge is 0.0540 e. The molecule has 0 spiro atoms. The Labute approximate surface area is 347 Å². The molecular formula is C58H45N. The average molecular weight is 756 g/mol. The molecule has 0 bridgehead atoms. The molecule has 0 N–H and O–H groups in total. The van der Waals surface area contributed by atoms with Crippen LogP contribution in [-0.4, -0.2) is 0 Å². The first kappa shape index (κ1) is 35.2. The molecule has 2 aliphatic rings. The minimum Gasteiger partial charge on any atom is -0.309 e. The van der Waals surface area contributed by atoms with Crippen molar-refractivity contribution in [2.75, 3.05) is 4.90 Å². The molecule has 2 aliphatic carbocycles. The van der Waals surface area contributed by atoms with Crippen LogP contribution in [0.5, 0.6) is 0 Å². The summed E-state index contributed by atoms with van der Waals surface area (Å²) in [5.74, 6) is 0. The van der Waals surface area contributed by atoms with Crippen molar-refractivity contribution in [3.8, 4) is 55.6 Å². The number of hydrogen-bond donors (Lipinski definition) is 0. The molecule has 0 aromatic heterocycles. The van der Waals surface area contributed by atoms with Crippen LogP contribution in [0.4, 0.5) is 17.1 Å². The summed E-state index contributed by atoms with van der Waals surface area (Å²) < 4.78 is 0. The fraction of sp³-hybridized carbons (Fsp3) is 0.103. The molecule has 9 aromatic rings. The van der Waals surface area contributed by atoms with Gasteiger partial charge < -0.3 is 4.90 Å². The van der Waals surface area contributed by atoms with E-state index in [0.717, 1.165) is 17.1 Å². The highest BCUT2D eigenvalue weighted by atomic mass is 15.1. The zero-order chi connectivity index (χ0) is 39.9. The zero-order valence-corrected chi connectivity index (χ0v) is 34.0. The van der Waals surface area contributed by atoms with Crippen LogP contribution in [0.2, 0.25) is 0 Å². The van der Waals surface area contributed by atoms with Gasteiger partial charge in [0.15, 0.2) is 0 Å². The van der Waals surface area contributed by atoms with Crippen LogP contribution in [0.25, 0.3) is 66.4 Å². The Balaban J connectivity index is 1.14. The first-order chi connectivity index (χ1) is 28.8. The van der Waals surface area contributed by atoms with Crippen LogP contribution in [0.1, 0.15) is 49.9 Å². The van der Waals surface area contributed by atoms with E-state index in [0.29, 0.717) is 0 Å². The van der Waals surface area contributed by atoms with Gasteiger partial charge in [0.05, 0.1) is 11.4 Å². The number of hydrogen-bond acceptors (Lipinski definition) is 1. The Morgan fingerprint density at radius 3 is 1.71 bits per heavy atom. The summed E-state index contributed by atoms with van der Waals surface area (Å²) in [6.45, 7) is 9.49. The Morgan fingerprint density at radius 2 is 0.881 bits per heavy atom. The number of para-hydroxylation sites is 2. The maximum absolute atomic E-state index is 2.50. The summed E-state index contributed by atoms with van der Waals surface area (Å²) in [6, 6.07) is 74.3. The summed E-state index contributed by atoms with van der Waals surface area (Å²) >= 11 is 0. The normalized spacial score (nSPS) is 14.0. The van der Waals surface area contributed by atoms with E-state index in [2.05, 4.69) is 233 Å². The van der Waals surface area contributed by atoms with Crippen molar-refractivity contribution in [3.05, 3.63) is 222 Å². The van der Waals surface area contributed by atoms with E-state index < -0.39 is 0 Å². The zero-order valence-electron chi connectivity index (χ0n) is 34.0. The van der Waals surface area contributed by atoms with Crippen LogP contribution in [-0.2, 0) is 10.8 Å². The predicted octanol–water partition coefficient (Wildman–Crippen LogP) is 15.9. The maximum atomic E-state index is 2.50. The summed E-state index contributed by atoms with van der Waals surface area (Å²) in [7, 11) is 0. The predicted molar refractivity (Wildman–Crippen MR) is 250 cm³/mol. The molecule has 0 unspecified atom stereocenters. The molecule has 0 heterocycles. The Kier molecular flexibility index (Phi) is 7.94. The van der Waals surface area contributed by atoms with Gasteiger partial charge in [0.25, 0.3) is 0 Å². The van der Waals surface area contributed by atoms with Gasteiger partial charge in [-0.1, -0.05) is 198 Å². The lowest BCUT2D eigenvalue weighted by atomic mass is 9.81. The number of fused-ring (bicyclic) bond motifs is 8. The number of anilines is 3. The Bertz CT molecular complexity index is 3110. The summed E-state index contributed by atoms with van der Waals surface area (Å²) in [5.41, 5.74) is 21.3. The highest BCUT2D eigenvalue weighted by Gasteiger charge is 2.39. The number of rotatable bonds is 6. The van der Waals surface area contributed by atoms with Crippen molar-refractivity contribution in [3.63, 3.8) is 0 Å². The van der Waals surface area contributed by atoms with Crippen molar-refractivity contribution in [2.24, 2.45) is 0 Å². The molecule has 59 heavy (non-hydrogen) atoms. The third-order valence-electron chi connectivity index (χ3n) is 13.3. The molecule has 0 radical (unpaired) electrons. The first-order valence-electron chi connectivity index (χ1n) is 20.9. The van der Waals surface area contributed by atoms with Crippen molar-refractivity contribution in [2.45, 2.75) is 38.5 Å². The minimum absolute atomic E-state index is 0.0758. The van der Waals surface area contributed by atoms with Crippen LogP contribution in [0.3, 0.4) is 0 Å². The molecule has 1 heteroatoms. The first-order valence-corrected chi connectivity index (χ1v) is 20.9. The van der Waals surface area contributed by atoms with E-state index >= 15 is 0 Å². The van der Waals surface area contributed by atoms with Crippen LogP contribution in [0, 0.1) is 0 Å². The summed E-state index contributed by atoms with van der Waals surface area (Å²) in [4.78, 5) is 2.50. The maximum Gasteiger partial charge on any atom is 0.0540 e. The second kappa shape index (κ2) is 13.3. The van der Waals surface area contributed by atoms with Crippen LogP contribution < -0.4 is 4.90 Å². The highest BCUT2D eigenvalue weighted by Crippen LogP contribution is 2.56. The van der Waals surface area contributed by atoms with Crippen molar-refractivity contribution >= 4 is 27.8 Å². The lowest BCUT2D eigenvalue weighted by Crippen LogP contribution is -2.15.